The van der Waals surface area contributed by atoms with Gasteiger partial charge >= 0.3 is 0 Å². The molecule has 0 unspecified atom stereocenters. The van der Waals surface area contributed by atoms with Crippen molar-refractivity contribution in [3.63, 3.8) is 0 Å². The summed E-state index contributed by atoms with van der Waals surface area (Å²) in [6, 6.07) is 4.33. The van der Waals surface area contributed by atoms with Crippen LogP contribution in [0.4, 0.5) is 4.39 Å². The molecule has 0 radical (unpaired) electrons. The third-order valence-corrected chi connectivity index (χ3v) is 3.96. The molecule has 1 amide bonds. The van der Waals surface area contributed by atoms with Crippen LogP contribution in [0.15, 0.2) is 23.3 Å². The maximum Gasteiger partial charge on any atom is 0.292 e. The van der Waals surface area contributed by atoms with Crippen molar-refractivity contribution in [3.8, 4) is 0 Å². The third-order valence-electron chi connectivity index (χ3n) is 3.63. The highest BCUT2D eigenvalue weighted by molar-refractivity contribution is 6.33. The topological polar surface area (TPSA) is 70.1 Å². The van der Waals surface area contributed by atoms with Crippen LogP contribution in [0.1, 0.15) is 40.2 Å². The van der Waals surface area contributed by atoms with E-state index in [0.717, 1.165) is 36.9 Å². The molecule has 0 saturated heterocycles. The molecule has 2 aromatic rings. The number of rotatable bonds is 3. The predicted molar refractivity (Wildman–Crippen MR) is 81.7 cm³/mol. The van der Waals surface area contributed by atoms with Crippen LogP contribution in [0.25, 0.3) is 0 Å². The minimum Gasteiger partial charge on any atom is -0.281 e. The first-order valence-electron chi connectivity index (χ1n) is 7.00. The molecule has 1 aromatic carbocycles. The zero-order valence-electron chi connectivity index (χ0n) is 11.7. The molecule has 0 spiro atoms. The number of H-pyrrole nitrogens is 1. The van der Waals surface area contributed by atoms with Gasteiger partial charge in [0.05, 0.1) is 11.2 Å². The lowest BCUT2D eigenvalue weighted by molar-refractivity contribution is 0.0949. The highest BCUT2D eigenvalue weighted by Crippen LogP contribution is 2.22. The second-order valence-electron chi connectivity index (χ2n) is 5.07. The molecule has 0 bridgehead atoms. The van der Waals surface area contributed by atoms with Gasteiger partial charge in [-0.3, -0.25) is 9.89 Å². The summed E-state index contributed by atoms with van der Waals surface area (Å²) >= 11 is 5.88. The number of aryl methyl sites for hydroxylation is 1. The maximum absolute atomic E-state index is 13.6. The first kappa shape index (κ1) is 14.7. The van der Waals surface area contributed by atoms with Crippen molar-refractivity contribution in [2.24, 2.45) is 5.10 Å². The summed E-state index contributed by atoms with van der Waals surface area (Å²) < 4.78 is 13.6. The zero-order chi connectivity index (χ0) is 15.5. The molecule has 7 heteroatoms. The Balaban J connectivity index is 1.73. The van der Waals surface area contributed by atoms with Gasteiger partial charge < -0.3 is 0 Å². The van der Waals surface area contributed by atoms with Crippen LogP contribution >= 0.6 is 11.6 Å². The Morgan fingerprint density at radius 1 is 1.41 bits per heavy atom. The predicted octanol–water partition coefficient (Wildman–Crippen LogP) is 2.84. The van der Waals surface area contributed by atoms with Gasteiger partial charge in [-0.15, -0.1) is 0 Å². The second-order valence-corrected chi connectivity index (χ2v) is 5.48. The number of fused-ring (bicyclic) bond motifs is 1. The molecule has 2 N–H and O–H groups in total. The average molecular weight is 321 g/mol. The Kier molecular flexibility index (Phi) is 4.20. The number of nitrogens with zero attached hydrogens (tertiary/aromatic N) is 2. The van der Waals surface area contributed by atoms with Crippen LogP contribution in [0.5, 0.6) is 0 Å². The van der Waals surface area contributed by atoms with Crippen molar-refractivity contribution in [2.75, 3.05) is 0 Å². The Bertz CT molecular complexity index is 721. The van der Waals surface area contributed by atoms with Crippen molar-refractivity contribution < 1.29 is 9.18 Å². The van der Waals surface area contributed by atoms with E-state index in [0.29, 0.717) is 5.69 Å². The third kappa shape index (κ3) is 2.87. The van der Waals surface area contributed by atoms with Gasteiger partial charge in [0.2, 0.25) is 0 Å². The van der Waals surface area contributed by atoms with Crippen molar-refractivity contribution in [1.82, 2.24) is 15.6 Å². The van der Waals surface area contributed by atoms with E-state index in [1.54, 1.807) is 6.07 Å². The normalized spacial score (nSPS) is 14.1. The standard InChI is InChI=1S/C15H14ClFN4O/c16-11-5-3-6-12(17)10(11)8-18-21-15(22)14-9-4-1-2-7-13(9)19-20-14/h3,5-6,8H,1-2,4,7H2,(H,19,20)(H,21,22)/b18-8-. The van der Waals surface area contributed by atoms with Crippen molar-refractivity contribution in [2.45, 2.75) is 25.7 Å². The monoisotopic (exact) mass is 320 g/mol. The molecule has 5 nitrogen and oxygen atoms in total. The number of amides is 1. The van der Waals surface area contributed by atoms with E-state index in [4.69, 9.17) is 11.6 Å². The van der Waals surface area contributed by atoms with Gasteiger partial charge in [-0.05, 0) is 37.8 Å². The molecule has 1 aromatic heterocycles. The van der Waals surface area contributed by atoms with Crippen LogP contribution in [0.3, 0.4) is 0 Å². The fourth-order valence-electron chi connectivity index (χ4n) is 2.51. The van der Waals surface area contributed by atoms with Crippen molar-refractivity contribution in [1.29, 1.82) is 0 Å². The van der Waals surface area contributed by atoms with Gasteiger partial charge in [0, 0.05) is 16.8 Å². The molecule has 114 valence electrons. The summed E-state index contributed by atoms with van der Waals surface area (Å²) in [6.45, 7) is 0. The minimum atomic E-state index is -0.498. The smallest absolute Gasteiger partial charge is 0.281 e. The number of hydrogen-bond donors (Lipinski definition) is 2. The quantitative estimate of drug-likeness (QED) is 0.674. The molecule has 1 heterocycles. The number of aromatic amines is 1. The Hall–Kier alpha value is -2.21. The largest absolute Gasteiger partial charge is 0.292 e. The van der Waals surface area contributed by atoms with E-state index in [1.807, 2.05) is 0 Å². The lowest BCUT2D eigenvalue weighted by atomic mass is 9.96. The molecule has 22 heavy (non-hydrogen) atoms. The summed E-state index contributed by atoms with van der Waals surface area (Å²) in [5, 5.41) is 10.9. The molecule has 0 atom stereocenters. The summed E-state index contributed by atoms with van der Waals surface area (Å²) in [5.74, 6) is -0.911. The first-order chi connectivity index (χ1) is 10.7. The van der Waals surface area contributed by atoms with Crippen molar-refractivity contribution in [3.05, 3.63) is 51.6 Å². The molecule has 0 aliphatic heterocycles. The summed E-state index contributed by atoms with van der Waals surface area (Å²) in [7, 11) is 0. The SMILES string of the molecule is O=C(N/N=C\c1c(F)cccc1Cl)c1n[nH]c2c1CCCC2. The number of carbonyl (C=O) groups is 1. The number of aromatic nitrogens is 2. The number of halogens is 2. The highest BCUT2D eigenvalue weighted by Gasteiger charge is 2.21. The fraction of sp³-hybridized carbons (Fsp3) is 0.267. The number of carbonyl (C=O) groups excluding carboxylic acids is 1. The van der Waals surface area contributed by atoms with Gasteiger partial charge in [0.1, 0.15) is 5.82 Å². The van der Waals surface area contributed by atoms with Crippen LogP contribution in [0, 0.1) is 5.82 Å². The summed E-state index contributed by atoms with van der Waals surface area (Å²) in [6.07, 6.45) is 5.07. The molecule has 0 saturated carbocycles. The zero-order valence-corrected chi connectivity index (χ0v) is 12.5. The van der Waals surface area contributed by atoms with E-state index in [9.17, 15) is 9.18 Å². The van der Waals surface area contributed by atoms with Gasteiger partial charge in [-0.1, -0.05) is 17.7 Å². The molecule has 1 aliphatic carbocycles. The highest BCUT2D eigenvalue weighted by atomic mass is 35.5. The van der Waals surface area contributed by atoms with Gasteiger partial charge in [0.15, 0.2) is 5.69 Å². The van der Waals surface area contributed by atoms with Gasteiger partial charge in [-0.25, -0.2) is 9.82 Å². The Morgan fingerprint density at radius 2 is 2.23 bits per heavy atom. The van der Waals surface area contributed by atoms with E-state index >= 15 is 0 Å². The Morgan fingerprint density at radius 3 is 3.05 bits per heavy atom. The lowest BCUT2D eigenvalue weighted by Gasteiger charge is -2.10. The first-order valence-corrected chi connectivity index (χ1v) is 7.38. The van der Waals surface area contributed by atoms with Crippen molar-refractivity contribution >= 4 is 23.7 Å². The van der Waals surface area contributed by atoms with E-state index in [-0.39, 0.29) is 10.6 Å². The van der Waals surface area contributed by atoms with Gasteiger partial charge in [-0.2, -0.15) is 10.2 Å². The van der Waals surface area contributed by atoms with Crippen LogP contribution in [-0.2, 0) is 12.8 Å². The maximum atomic E-state index is 13.6. The van der Waals surface area contributed by atoms with Crippen LogP contribution in [-0.4, -0.2) is 22.3 Å². The van der Waals surface area contributed by atoms with Crippen LogP contribution in [0.2, 0.25) is 5.02 Å². The molecule has 3 rings (SSSR count). The number of benzene rings is 1. The Labute approximate surface area is 131 Å². The van der Waals surface area contributed by atoms with E-state index < -0.39 is 11.7 Å². The number of nitrogens with one attached hydrogen (secondary N) is 2. The fourth-order valence-corrected chi connectivity index (χ4v) is 2.72. The summed E-state index contributed by atoms with van der Waals surface area (Å²) in [4.78, 5) is 12.1. The lowest BCUT2D eigenvalue weighted by Crippen LogP contribution is -2.20. The number of hydrazone groups is 1. The van der Waals surface area contributed by atoms with E-state index in [2.05, 4.69) is 20.7 Å². The van der Waals surface area contributed by atoms with E-state index in [1.165, 1.54) is 18.3 Å². The molecule has 1 aliphatic rings. The second kappa shape index (κ2) is 6.27. The van der Waals surface area contributed by atoms with Crippen LogP contribution < -0.4 is 5.43 Å². The molecular weight excluding hydrogens is 307 g/mol. The summed E-state index contributed by atoms with van der Waals surface area (Å²) in [5.41, 5.74) is 4.81. The number of hydrogen-bond acceptors (Lipinski definition) is 3. The molecular formula is C15H14ClFN4O. The molecule has 0 fully saturated rings. The van der Waals surface area contributed by atoms with Gasteiger partial charge in [0.25, 0.3) is 5.91 Å². The minimum absolute atomic E-state index is 0.133. The average Bonchev–Trinajstić information content (AvgIpc) is 2.94.